The van der Waals surface area contributed by atoms with Crippen molar-refractivity contribution >= 4 is 0 Å². The van der Waals surface area contributed by atoms with E-state index in [1.54, 1.807) is 6.92 Å². The molecule has 0 aliphatic heterocycles. The Morgan fingerprint density at radius 1 is 1.40 bits per heavy atom. The molecule has 0 radical (unpaired) electrons. The molecular weight excluding hydrogens is 124 g/mol. The second kappa shape index (κ2) is 3.63. The van der Waals surface area contributed by atoms with Gasteiger partial charge in [-0.2, -0.15) is 0 Å². The van der Waals surface area contributed by atoms with Gasteiger partial charge in [-0.25, -0.2) is 0 Å². The average molecular weight is 138 g/mol. The Morgan fingerprint density at radius 2 is 2.00 bits per heavy atom. The number of aliphatic hydroxyl groups excluding tert-OH is 1. The van der Waals surface area contributed by atoms with Gasteiger partial charge in [0.15, 0.2) is 0 Å². The molecule has 0 spiro atoms. The van der Waals surface area contributed by atoms with Crippen LogP contribution in [0, 0.1) is 17.8 Å². The van der Waals surface area contributed by atoms with Crippen molar-refractivity contribution in [2.24, 2.45) is 5.92 Å². The van der Waals surface area contributed by atoms with Crippen LogP contribution in [0.2, 0.25) is 0 Å². The van der Waals surface area contributed by atoms with E-state index in [9.17, 15) is 0 Å². The van der Waals surface area contributed by atoms with Gasteiger partial charge in [-0.05, 0) is 19.8 Å². The van der Waals surface area contributed by atoms with E-state index < -0.39 is 6.10 Å². The lowest BCUT2D eigenvalue weighted by molar-refractivity contribution is 0.253. The summed E-state index contributed by atoms with van der Waals surface area (Å²) in [6.07, 6.45) is 4.66. The summed E-state index contributed by atoms with van der Waals surface area (Å²) in [7, 11) is 0. The summed E-state index contributed by atoms with van der Waals surface area (Å²) in [4.78, 5) is 0. The van der Waals surface area contributed by atoms with E-state index in [4.69, 9.17) is 5.11 Å². The molecular formula is C9H14O. The van der Waals surface area contributed by atoms with E-state index in [1.807, 2.05) is 0 Å². The normalized spacial score (nSPS) is 21.8. The first-order valence-electron chi connectivity index (χ1n) is 3.98. The zero-order chi connectivity index (χ0) is 7.40. The molecule has 0 aromatic heterocycles. The van der Waals surface area contributed by atoms with E-state index >= 15 is 0 Å². The summed E-state index contributed by atoms with van der Waals surface area (Å²) in [6, 6.07) is 0. The van der Waals surface area contributed by atoms with Crippen LogP contribution < -0.4 is 0 Å². The van der Waals surface area contributed by atoms with Crippen LogP contribution in [-0.4, -0.2) is 11.2 Å². The van der Waals surface area contributed by atoms with Crippen LogP contribution >= 0.6 is 0 Å². The Hall–Kier alpha value is -0.480. The molecule has 10 heavy (non-hydrogen) atoms. The van der Waals surface area contributed by atoms with Gasteiger partial charge in [-0.3, -0.25) is 0 Å². The van der Waals surface area contributed by atoms with Crippen LogP contribution in [0.3, 0.4) is 0 Å². The van der Waals surface area contributed by atoms with Gasteiger partial charge >= 0.3 is 0 Å². The highest BCUT2D eigenvalue weighted by molar-refractivity contribution is 5.07. The van der Waals surface area contributed by atoms with Gasteiger partial charge < -0.3 is 5.11 Å². The van der Waals surface area contributed by atoms with E-state index in [2.05, 4.69) is 11.8 Å². The fourth-order valence-corrected chi connectivity index (χ4v) is 1.31. The molecule has 0 aromatic rings. The summed E-state index contributed by atoms with van der Waals surface area (Å²) in [6.45, 7) is 1.71. The van der Waals surface area contributed by atoms with Crippen LogP contribution in [-0.2, 0) is 0 Å². The molecule has 0 aromatic carbocycles. The predicted molar refractivity (Wildman–Crippen MR) is 41.4 cm³/mol. The maximum absolute atomic E-state index is 8.84. The third-order valence-corrected chi connectivity index (χ3v) is 1.85. The largest absolute Gasteiger partial charge is 0.381 e. The topological polar surface area (TPSA) is 20.2 Å². The van der Waals surface area contributed by atoms with Crippen molar-refractivity contribution in [3.8, 4) is 11.8 Å². The summed E-state index contributed by atoms with van der Waals surface area (Å²) >= 11 is 0. The lowest BCUT2D eigenvalue weighted by Crippen LogP contribution is -1.95. The van der Waals surface area contributed by atoms with E-state index in [1.165, 1.54) is 25.7 Å². The number of aliphatic hydroxyl groups is 1. The maximum Gasteiger partial charge on any atom is 0.111 e. The number of rotatable bonds is 0. The Kier molecular flexibility index (Phi) is 2.77. The van der Waals surface area contributed by atoms with Crippen molar-refractivity contribution in [3.05, 3.63) is 0 Å². The first kappa shape index (κ1) is 7.63. The van der Waals surface area contributed by atoms with Gasteiger partial charge in [0.25, 0.3) is 0 Å². The van der Waals surface area contributed by atoms with E-state index in [0.29, 0.717) is 5.92 Å². The van der Waals surface area contributed by atoms with Gasteiger partial charge in [0.05, 0.1) is 0 Å². The first-order chi connectivity index (χ1) is 4.79. The van der Waals surface area contributed by atoms with Crippen molar-refractivity contribution in [3.63, 3.8) is 0 Å². The fourth-order valence-electron chi connectivity index (χ4n) is 1.31. The molecule has 1 aliphatic rings. The van der Waals surface area contributed by atoms with Crippen LogP contribution in [0.5, 0.6) is 0 Å². The number of hydrogen-bond donors (Lipinski definition) is 1. The molecule has 0 heterocycles. The number of hydrogen-bond acceptors (Lipinski definition) is 1. The van der Waals surface area contributed by atoms with Crippen molar-refractivity contribution in [2.75, 3.05) is 0 Å². The maximum atomic E-state index is 8.84. The molecule has 0 amide bonds. The molecule has 1 nitrogen and oxygen atoms in total. The molecule has 0 bridgehead atoms. The van der Waals surface area contributed by atoms with Crippen LogP contribution in [0.15, 0.2) is 0 Å². The molecule has 1 saturated carbocycles. The fraction of sp³-hybridized carbons (Fsp3) is 0.778. The quantitative estimate of drug-likeness (QED) is 0.504. The van der Waals surface area contributed by atoms with Gasteiger partial charge in [0, 0.05) is 5.92 Å². The zero-order valence-electron chi connectivity index (χ0n) is 6.43. The summed E-state index contributed by atoms with van der Waals surface area (Å²) in [5.74, 6) is 6.45. The zero-order valence-corrected chi connectivity index (χ0v) is 6.43. The Balaban J connectivity index is 2.31. The predicted octanol–water partition coefficient (Wildman–Crippen LogP) is 1.56. The molecule has 1 heteroatoms. The van der Waals surface area contributed by atoms with Gasteiger partial charge in [-0.15, -0.1) is 0 Å². The Morgan fingerprint density at radius 3 is 2.50 bits per heavy atom. The monoisotopic (exact) mass is 138 g/mol. The summed E-state index contributed by atoms with van der Waals surface area (Å²) in [5, 5.41) is 8.84. The van der Waals surface area contributed by atoms with Crippen molar-refractivity contribution in [1.82, 2.24) is 0 Å². The smallest absolute Gasteiger partial charge is 0.111 e. The Labute approximate surface area is 62.4 Å². The first-order valence-corrected chi connectivity index (χ1v) is 3.98. The summed E-state index contributed by atoms with van der Waals surface area (Å²) < 4.78 is 0. The average Bonchev–Trinajstić information content (AvgIpc) is 2.34. The van der Waals surface area contributed by atoms with Gasteiger partial charge in [-0.1, -0.05) is 24.7 Å². The lowest BCUT2D eigenvalue weighted by atomic mass is 10.1. The molecule has 0 saturated heterocycles. The minimum Gasteiger partial charge on any atom is -0.381 e. The van der Waals surface area contributed by atoms with E-state index in [0.717, 1.165) is 0 Å². The van der Waals surface area contributed by atoms with Gasteiger partial charge in [0.1, 0.15) is 6.10 Å². The van der Waals surface area contributed by atoms with E-state index in [-0.39, 0.29) is 0 Å². The highest BCUT2D eigenvalue weighted by Crippen LogP contribution is 2.23. The molecule has 1 atom stereocenters. The second-order valence-corrected chi connectivity index (χ2v) is 2.95. The minimum absolute atomic E-state index is 0.444. The van der Waals surface area contributed by atoms with Crippen LogP contribution in [0.25, 0.3) is 0 Å². The summed E-state index contributed by atoms with van der Waals surface area (Å²) in [5.41, 5.74) is 0. The molecule has 1 fully saturated rings. The Bertz CT molecular complexity index is 144. The van der Waals surface area contributed by atoms with Crippen LogP contribution in [0.1, 0.15) is 32.6 Å². The third-order valence-electron chi connectivity index (χ3n) is 1.85. The highest BCUT2D eigenvalue weighted by Gasteiger charge is 2.11. The van der Waals surface area contributed by atoms with Crippen molar-refractivity contribution < 1.29 is 5.11 Å². The van der Waals surface area contributed by atoms with Gasteiger partial charge in [0.2, 0.25) is 0 Å². The highest BCUT2D eigenvalue weighted by atomic mass is 16.3. The minimum atomic E-state index is -0.444. The SMILES string of the molecule is C[C@H](O)C#CC1CCCC1. The molecule has 0 unspecified atom stereocenters. The lowest BCUT2D eigenvalue weighted by Gasteiger charge is -1.95. The molecule has 1 rings (SSSR count). The van der Waals surface area contributed by atoms with Crippen LogP contribution in [0.4, 0.5) is 0 Å². The third kappa shape index (κ3) is 2.41. The molecule has 1 N–H and O–H groups in total. The van der Waals surface area contributed by atoms with Crippen molar-refractivity contribution in [1.29, 1.82) is 0 Å². The second-order valence-electron chi connectivity index (χ2n) is 2.95. The standard InChI is InChI=1S/C9H14O/c1-8(10)6-7-9-4-2-3-5-9/h8-10H,2-5H2,1H3/t8-/m0/s1. The molecule has 1 aliphatic carbocycles. The molecule has 56 valence electrons. The van der Waals surface area contributed by atoms with Crippen molar-refractivity contribution in [2.45, 2.75) is 38.7 Å².